The molecule has 0 aliphatic carbocycles. The Kier molecular flexibility index (Phi) is 5.36. The van der Waals surface area contributed by atoms with E-state index >= 15 is 0 Å². The third-order valence-corrected chi connectivity index (χ3v) is 2.98. The van der Waals surface area contributed by atoms with Gasteiger partial charge in [-0.2, -0.15) is 0 Å². The van der Waals surface area contributed by atoms with Crippen molar-refractivity contribution in [2.75, 3.05) is 13.7 Å². The average molecular weight is 304 g/mol. The van der Waals surface area contributed by atoms with Crippen molar-refractivity contribution in [2.24, 2.45) is 0 Å². The molecule has 0 radical (unpaired) electrons. The van der Waals surface area contributed by atoms with Gasteiger partial charge in [0.25, 0.3) is 0 Å². The Morgan fingerprint density at radius 2 is 1.82 bits per heavy atom. The standard InChI is InChI=1S/C17H17FO4/c1-3-21-17(19)13-6-9-15(20-2)16(10-13)22-11-12-4-7-14(18)8-5-12/h4-10H,3,11H2,1-2H3. The van der Waals surface area contributed by atoms with E-state index in [1.165, 1.54) is 19.2 Å². The molecule has 116 valence electrons. The highest BCUT2D eigenvalue weighted by Crippen LogP contribution is 2.29. The lowest BCUT2D eigenvalue weighted by atomic mass is 10.2. The number of methoxy groups -OCH3 is 1. The number of benzene rings is 2. The summed E-state index contributed by atoms with van der Waals surface area (Å²) < 4.78 is 28.7. The van der Waals surface area contributed by atoms with Crippen molar-refractivity contribution in [1.82, 2.24) is 0 Å². The minimum Gasteiger partial charge on any atom is -0.493 e. The van der Waals surface area contributed by atoms with E-state index in [9.17, 15) is 9.18 Å². The number of rotatable bonds is 6. The van der Waals surface area contributed by atoms with Gasteiger partial charge in [0.1, 0.15) is 12.4 Å². The molecule has 5 heteroatoms. The molecule has 0 aromatic heterocycles. The van der Waals surface area contributed by atoms with Gasteiger partial charge in [-0.05, 0) is 42.8 Å². The minimum atomic E-state index is -0.420. The van der Waals surface area contributed by atoms with Gasteiger partial charge in [-0.25, -0.2) is 9.18 Å². The highest BCUT2D eigenvalue weighted by Gasteiger charge is 2.12. The molecule has 0 saturated heterocycles. The summed E-state index contributed by atoms with van der Waals surface area (Å²) in [4.78, 5) is 11.7. The molecule has 0 spiro atoms. The predicted molar refractivity (Wildman–Crippen MR) is 79.7 cm³/mol. The largest absolute Gasteiger partial charge is 0.493 e. The number of carbonyl (C=O) groups excluding carboxylic acids is 1. The number of hydrogen-bond donors (Lipinski definition) is 0. The van der Waals surface area contributed by atoms with E-state index in [-0.39, 0.29) is 12.4 Å². The summed E-state index contributed by atoms with van der Waals surface area (Å²) in [5.41, 5.74) is 1.20. The molecule has 0 aliphatic heterocycles. The summed E-state index contributed by atoms with van der Waals surface area (Å²) in [5, 5.41) is 0. The van der Waals surface area contributed by atoms with E-state index in [4.69, 9.17) is 14.2 Å². The van der Waals surface area contributed by atoms with E-state index in [1.807, 2.05) is 0 Å². The van der Waals surface area contributed by atoms with Crippen LogP contribution in [-0.4, -0.2) is 19.7 Å². The fraction of sp³-hybridized carbons (Fsp3) is 0.235. The molecule has 0 bridgehead atoms. The van der Waals surface area contributed by atoms with Gasteiger partial charge in [0.15, 0.2) is 11.5 Å². The Labute approximate surface area is 128 Å². The zero-order valence-electron chi connectivity index (χ0n) is 12.5. The van der Waals surface area contributed by atoms with Crippen molar-refractivity contribution in [2.45, 2.75) is 13.5 Å². The summed E-state index contributed by atoms with van der Waals surface area (Å²) in [7, 11) is 1.52. The third kappa shape index (κ3) is 3.97. The van der Waals surface area contributed by atoms with Crippen molar-refractivity contribution < 1.29 is 23.4 Å². The Morgan fingerprint density at radius 1 is 1.09 bits per heavy atom. The van der Waals surface area contributed by atoms with Gasteiger partial charge in [-0.3, -0.25) is 0 Å². The van der Waals surface area contributed by atoms with Crippen LogP contribution in [0.2, 0.25) is 0 Å². The number of ether oxygens (including phenoxy) is 3. The van der Waals surface area contributed by atoms with Gasteiger partial charge in [-0.1, -0.05) is 12.1 Å². The molecule has 0 aliphatic rings. The first-order valence-electron chi connectivity index (χ1n) is 6.86. The lowest BCUT2D eigenvalue weighted by Gasteiger charge is -2.12. The molecule has 0 heterocycles. The van der Waals surface area contributed by atoms with Crippen LogP contribution in [0.5, 0.6) is 11.5 Å². The molecular weight excluding hydrogens is 287 g/mol. The zero-order valence-corrected chi connectivity index (χ0v) is 12.5. The van der Waals surface area contributed by atoms with E-state index in [1.54, 1.807) is 37.3 Å². The Bertz CT molecular complexity index is 638. The van der Waals surface area contributed by atoms with Crippen LogP contribution in [0.15, 0.2) is 42.5 Å². The quantitative estimate of drug-likeness (QED) is 0.765. The number of esters is 1. The molecular formula is C17H17FO4. The van der Waals surface area contributed by atoms with Crippen LogP contribution >= 0.6 is 0 Å². The van der Waals surface area contributed by atoms with Crippen LogP contribution in [0.4, 0.5) is 4.39 Å². The normalized spacial score (nSPS) is 10.1. The maximum atomic E-state index is 12.9. The van der Waals surface area contributed by atoms with E-state index in [0.717, 1.165) is 5.56 Å². The van der Waals surface area contributed by atoms with Crippen LogP contribution in [0.3, 0.4) is 0 Å². The smallest absolute Gasteiger partial charge is 0.338 e. The molecule has 22 heavy (non-hydrogen) atoms. The van der Waals surface area contributed by atoms with Crippen LogP contribution < -0.4 is 9.47 Å². The maximum absolute atomic E-state index is 12.9. The summed E-state index contributed by atoms with van der Waals surface area (Å²) in [6.45, 7) is 2.28. The molecule has 0 saturated carbocycles. The van der Waals surface area contributed by atoms with E-state index in [2.05, 4.69) is 0 Å². The monoisotopic (exact) mass is 304 g/mol. The van der Waals surface area contributed by atoms with Gasteiger partial charge in [-0.15, -0.1) is 0 Å². The fourth-order valence-electron chi connectivity index (χ4n) is 1.87. The number of halogens is 1. The van der Waals surface area contributed by atoms with Crippen LogP contribution in [0, 0.1) is 5.82 Å². The molecule has 2 rings (SSSR count). The highest BCUT2D eigenvalue weighted by molar-refractivity contribution is 5.90. The van der Waals surface area contributed by atoms with E-state index < -0.39 is 5.97 Å². The maximum Gasteiger partial charge on any atom is 0.338 e. The lowest BCUT2D eigenvalue weighted by Crippen LogP contribution is -2.06. The second-order valence-electron chi connectivity index (χ2n) is 4.50. The van der Waals surface area contributed by atoms with Crippen LogP contribution in [0.25, 0.3) is 0 Å². The molecule has 2 aromatic carbocycles. The van der Waals surface area contributed by atoms with Crippen molar-refractivity contribution >= 4 is 5.97 Å². The van der Waals surface area contributed by atoms with Gasteiger partial charge in [0.05, 0.1) is 19.3 Å². The van der Waals surface area contributed by atoms with Crippen molar-refractivity contribution in [3.63, 3.8) is 0 Å². The molecule has 0 fully saturated rings. The first-order valence-corrected chi connectivity index (χ1v) is 6.86. The number of carbonyl (C=O) groups is 1. The Hall–Kier alpha value is -2.56. The Balaban J connectivity index is 2.15. The van der Waals surface area contributed by atoms with Crippen molar-refractivity contribution in [3.8, 4) is 11.5 Å². The van der Waals surface area contributed by atoms with Crippen LogP contribution in [0.1, 0.15) is 22.8 Å². The molecule has 2 aromatic rings. The molecule has 0 atom stereocenters. The topological polar surface area (TPSA) is 44.8 Å². The molecule has 0 N–H and O–H groups in total. The van der Waals surface area contributed by atoms with Crippen molar-refractivity contribution in [1.29, 1.82) is 0 Å². The van der Waals surface area contributed by atoms with Gasteiger partial charge < -0.3 is 14.2 Å². The first-order chi connectivity index (χ1) is 10.6. The Morgan fingerprint density at radius 3 is 2.45 bits per heavy atom. The molecule has 4 nitrogen and oxygen atoms in total. The fourth-order valence-corrected chi connectivity index (χ4v) is 1.87. The summed E-state index contributed by atoms with van der Waals surface area (Å²) in [5.74, 6) is 0.218. The predicted octanol–water partition coefficient (Wildman–Crippen LogP) is 3.59. The SMILES string of the molecule is CCOC(=O)c1ccc(OC)c(OCc2ccc(F)cc2)c1. The minimum absolute atomic E-state index is 0.239. The molecule has 0 amide bonds. The number of hydrogen-bond acceptors (Lipinski definition) is 4. The summed E-state index contributed by atoms with van der Waals surface area (Å²) in [6, 6.07) is 10.8. The summed E-state index contributed by atoms with van der Waals surface area (Å²) in [6.07, 6.45) is 0. The average Bonchev–Trinajstić information content (AvgIpc) is 2.54. The third-order valence-electron chi connectivity index (χ3n) is 2.98. The van der Waals surface area contributed by atoms with Gasteiger partial charge in [0.2, 0.25) is 0 Å². The lowest BCUT2D eigenvalue weighted by molar-refractivity contribution is 0.0525. The second-order valence-corrected chi connectivity index (χ2v) is 4.50. The van der Waals surface area contributed by atoms with Gasteiger partial charge >= 0.3 is 5.97 Å². The van der Waals surface area contributed by atoms with E-state index in [0.29, 0.717) is 23.7 Å². The van der Waals surface area contributed by atoms with Crippen molar-refractivity contribution in [3.05, 3.63) is 59.4 Å². The van der Waals surface area contributed by atoms with Crippen LogP contribution in [-0.2, 0) is 11.3 Å². The zero-order chi connectivity index (χ0) is 15.9. The summed E-state index contributed by atoms with van der Waals surface area (Å²) >= 11 is 0. The highest BCUT2D eigenvalue weighted by atomic mass is 19.1. The molecule has 0 unspecified atom stereocenters. The first kappa shape index (κ1) is 15.8. The second kappa shape index (κ2) is 7.45. The van der Waals surface area contributed by atoms with Gasteiger partial charge in [0, 0.05) is 0 Å².